The first-order chi connectivity index (χ1) is 12.4. The molecule has 0 radical (unpaired) electrons. The lowest BCUT2D eigenvalue weighted by Crippen LogP contribution is -2.34. The van der Waals surface area contributed by atoms with Gasteiger partial charge in [0.25, 0.3) is 10.1 Å². The molecule has 3 rings (SSSR count). The van der Waals surface area contributed by atoms with Gasteiger partial charge in [-0.1, -0.05) is 0 Å². The van der Waals surface area contributed by atoms with E-state index in [4.69, 9.17) is 14.2 Å². The van der Waals surface area contributed by atoms with E-state index in [9.17, 15) is 13.0 Å². The average molecular weight is 386 g/mol. The molecule has 1 aliphatic heterocycles. The molecule has 0 amide bonds. The molecule has 1 saturated carbocycles. The fourth-order valence-corrected chi connectivity index (χ4v) is 3.76. The Balaban J connectivity index is 1.51. The van der Waals surface area contributed by atoms with Gasteiger partial charge in [0.05, 0.1) is 38.2 Å². The molecule has 1 aromatic heterocycles. The first kappa shape index (κ1) is 19.6. The highest BCUT2D eigenvalue weighted by atomic mass is 32.2. The highest BCUT2D eigenvalue weighted by Crippen LogP contribution is 2.33. The molecule has 0 aromatic carbocycles. The van der Waals surface area contributed by atoms with Crippen LogP contribution >= 0.6 is 0 Å². The quantitative estimate of drug-likeness (QED) is 0.739. The van der Waals surface area contributed by atoms with Crippen LogP contribution in [0.3, 0.4) is 0 Å². The second-order valence-corrected chi connectivity index (χ2v) is 8.61. The van der Waals surface area contributed by atoms with E-state index in [-0.39, 0.29) is 18.1 Å². The van der Waals surface area contributed by atoms with Crippen LogP contribution in [0.25, 0.3) is 0 Å². The predicted molar refractivity (Wildman–Crippen MR) is 93.5 cm³/mol. The van der Waals surface area contributed by atoms with Crippen molar-refractivity contribution in [2.75, 3.05) is 26.4 Å². The van der Waals surface area contributed by atoms with E-state index in [0.717, 1.165) is 25.7 Å². The molecule has 0 bridgehead atoms. The Morgan fingerprint density at radius 1 is 1.31 bits per heavy atom. The fourth-order valence-electron chi connectivity index (χ4n) is 3.33. The van der Waals surface area contributed by atoms with Crippen LogP contribution < -0.4 is 0 Å². The zero-order valence-electron chi connectivity index (χ0n) is 14.9. The number of aromatic nitrogens is 2. The molecule has 1 unspecified atom stereocenters. The average Bonchev–Trinajstić information content (AvgIpc) is 2.66. The van der Waals surface area contributed by atoms with Crippen molar-refractivity contribution in [2.24, 2.45) is 0 Å². The standard InChI is InChI=1S/C17H26N2O6S/c1-12(26(20,21)22)16-6-7-18-17(19-16)13-2-4-14(5-3-13)25-11-15-10-23-8-9-24-15/h6-7,12-15H,2-5,8-11H2,1H3,(H,20,21,22)/t12?,13?,14?,15-/m1/s1. The number of nitrogens with zero attached hydrogens (tertiary/aromatic N) is 2. The summed E-state index contributed by atoms with van der Waals surface area (Å²) in [4.78, 5) is 8.69. The molecule has 1 saturated heterocycles. The Hall–Kier alpha value is -1.13. The predicted octanol–water partition coefficient (Wildman–Crippen LogP) is 1.88. The molecule has 1 aromatic rings. The van der Waals surface area contributed by atoms with E-state index in [1.807, 2.05) is 0 Å². The molecular weight excluding hydrogens is 360 g/mol. The van der Waals surface area contributed by atoms with Crippen molar-refractivity contribution in [3.05, 3.63) is 23.8 Å². The molecule has 1 N–H and O–H groups in total. The largest absolute Gasteiger partial charge is 0.376 e. The van der Waals surface area contributed by atoms with Crippen LogP contribution in [0.1, 0.15) is 55.3 Å². The molecule has 146 valence electrons. The summed E-state index contributed by atoms with van der Waals surface area (Å²) in [6.45, 7) is 3.83. The summed E-state index contributed by atoms with van der Waals surface area (Å²) in [5, 5.41) is -1.05. The van der Waals surface area contributed by atoms with E-state index in [1.165, 1.54) is 13.0 Å². The third-order valence-electron chi connectivity index (χ3n) is 5.00. The van der Waals surface area contributed by atoms with Gasteiger partial charge in [-0.2, -0.15) is 8.42 Å². The highest BCUT2D eigenvalue weighted by Gasteiger charge is 2.27. The van der Waals surface area contributed by atoms with Crippen molar-refractivity contribution in [2.45, 2.75) is 56.0 Å². The van der Waals surface area contributed by atoms with Crippen LogP contribution in [-0.2, 0) is 24.3 Å². The van der Waals surface area contributed by atoms with Gasteiger partial charge in [-0.25, -0.2) is 9.97 Å². The summed E-state index contributed by atoms with van der Waals surface area (Å²) in [5.41, 5.74) is 0.324. The van der Waals surface area contributed by atoms with Crippen molar-refractivity contribution in [3.63, 3.8) is 0 Å². The minimum atomic E-state index is -4.16. The first-order valence-corrected chi connectivity index (χ1v) is 10.5. The van der Waals surface area contributed by atoms with Gasteiger partial charge >= 0.3 is 0 Å². The zero-order chi connectivity index (χ0) is 18.6. The molecule has 9 heteroatoms. The third-order valence-corrected chi connectivity index (χ3v) is 6.14. The van der Waals surface area contributed by atoms with Crippen molar-refractivity contribution >= 4 is 10.1 Å². The van der Waals surface area contributed by atoms with Crippen LogP contribution in [0.15, 0.2) is 12.3 Å². The molecular formula is C17H26N2O6S. The van der Waals surface area contributed by atoms with Crippen molar-refractivity contribution in [1.82, 2.24) is 9.97 Å². The SMILES string of the molecule is CC(c1ccnc(C2CCC(OC[C@H]3COCCO3)CC2)n1)S(=O)(=O)O. The molecule has 2 atom stereocenters. The summed E-state index contributed by atoms with van der Waals surface area (Å²) in [7, 11) is -4.16. The van der Waals surface area contributed by atoms with E-state index in [1.54, 1.807) is 6.20 Å². The van der Waals surface area contributed by atoms with Gasteiger partial charge < -0.3 is 14.2 Å². The van der Waals surface area contributed by atoms with Gasteiger partial charge in [-0.3, -0.25) is 4.55 Å². The molecule has 2 fully saturated rings. The molecule has 2 aliphatic rings. The Labute approximate surface area is 154 Å². The highest BCUT2D eigenvalue weighted by molar-refractivity contribution is 7.86. The Bertz CT molecular complexity index is 684. The summed E-state index contributed by atoms with van der Waals surface area (Å²) in [6, 6.07) is 1.53. The maximum atomic E-state index is 11.3. The van der Waals surface area contributed by atoms with Gasteiger partial charge in [0.15, 0.2) is 0 Å². The second kappa shape index (κ2) is 8.71. The second-order valence-electron chi connectivity index (χ2n) is 6.87. The van der Waals surface area contributed by atoms with Crippen molar-refractivity contribution < 1.29 is 27.2 Å². The molecule has 26 heavy (non-hydrogen) atoms. The molecule has 8 nitrogen and oxygen atoms in total. The number of hydrogen-bond donors (Lipinski definition) is 1. The summed E-state index contributed by atoms with van der Waals surface area (Å²) in [6.07, 6.45) is 5.34. The van der Waals surface area contributed by atoms with Crippen LogP contribution in [-0.4, -0.2) is 61.6 Å². The van der Waals surface area contributed by atoms with Crippen LogP contribution in [0.4, 0.5) is 0 Å². The van der Waals surface area contributed by atoms with Crippen LogP contribution in [0, 0.1) is 0 Å². The number of hydrogen-bond acceptors (Lipinski definition) is 7. The van der Waals surface area contributed by atoms with E-state index in [2.05, 4.69) is 9.97 Å². The summed E-state index contributed by atoms with van der Waals surface area (Å²) in [5.74, 6) is 0.818. The number of ether oxygens (including phenoxy) is 3. The van der Waals surface area contributed by atoms with E-state index in [0.29, 0.717) is 37.9 Å². The van der Waals surface area contributed by atoms with Crippen molar-refractivity contribution in [3.8, 4) is 0 Å². The lowest BCUT2D eigenvalue weighted by molar-refractivity contribution is -0.128. The topological polar surface area (TPSA) is 108 Å². The van der Waals surface area contributed by atoms with Gasteiger partial charge in [0, 0.05) is 12.1 Å². The lowest BCUT2D eigenvalue weighted by atomic mass is 9.86. The van der Waals surface area contributed by atoms with Crippen LogP contribution in [0.2, 0.25) is 0 Å². The van der Waals surface area contributed by atoms with Gasteiger partial charge in [0.1, 0.15) is 17.2 Å². The maximum Gasteiger partial charge on any atom is 0.273 e. The van der Waals surface area contributed by atoms with Gasteiger partial charge in [-0.15, -0.1) is 0 Å². The fraction of sp³-hybridized carbons (Fsp3) is 0.765. The maximum absolute atomic E-state index is 11.3. The Kier molecular flexibility index (Phi) is 6.57. The summed E-state index contributed by atoms with van der Waals surface area (Å²) < 4.78 is 48.8. The molecule has 0 spiro atoms. The van der Waals surface area contributed by atoms with Crippen molar-refractivity contribution in [1.29, 1.82) is 0 Å². The van der Waals surface area contributed by atoms with Crippen LogP contribution in [0.5, 0.6) is 0 Å². The Morgan fingerprint density at radius 3 is 2.73 bits per heavy atom. The van der Waals surface area contributed by atoms with E-state index < -0.39 is 15.4 Å². The van der Waals surface area contributed by atoms with Gasteiger partial charge in [0.2, 0.25) is 0 Å². The summed E-state index contributed by atoms with van der Waals surface area (Å²) >= 11 is 0. The Morgan fingerprint density at radius 2 is 2.08 bits per heavy atom. The molecule has 1 aliphatic carbocycles. The van der Waals surface area contributed by atoms with E-state index >= 15 is 0 Å². The minimum Gasteiger partial charge on any atom is -0.376 e. The smallest absolute Gasteiger partial charge is 0.273 e. The first-order valence-electron chi connectivity index (χ1n) is 9.03. The number of rotatable bonds is 6. The monoisotopic (exact) mass is 386 g/mol. The molecule has 2 heterocycles. The lowest BCUT2D eigenvalue weighted by Gasteiger charge is -2.30. The minimum absolute atomic E-state index is 0.0170. The zero-order valence-corrected chi connectivity index (χ0v) is 15.7. The normalized spacial score (nSPS) is 28.6. The van der Waals surface area contributed by atoms with Gasteiger partial charge in [-0.05, 0) is 38.7 Å². The third kappa shape index (κ3) is 5.20.